The van der Waals surface area contributed by atoms with Gasteiger partial charge < -0.3 is 9.64 Å². The number of hydrogen-bond acceptors (Lipinski definition) is 5. The fraction of sp³-hybridized carbons (Fsp3) is 0.556. The molecule has 6 nitrogen and oxygen atoms in total. The molecule has 0 spiro atoms. The number of anilines is 1. The molecule has 0 aliphatic carbocycles. The maximum Gasteiger partial charge on any atom is 0.442 e. The number of rotatable bonds is 3. The lowest BCUT2D eigenvalue weighted by Crippen LogP contribution is -2.63. The molecule has 1 aliphatic rings. The Morgan fingerprint density at radius 1 is 1.38 bits per heavy atom. The van der Waals surface area contributed by atoms with Crippen LogP contribution in [-0.2, 0) is 14.5 Å². The molecule has 1 heterocycles. The maximum absolute atomic E-state index is 13.2. The summed E-state index contributed by atoms with van der Waals surface area (Å²) in [5.41, 5.74) is -2.75. The number of benzene rings is 1. The lowest BCUT2D eigenvalue weighted by Gasteiger charge is -2.47. The summed E-state index contributed by atoms with van der Waals surface area (Å²) in [6.07, 6.45) is -5.57. The molecule has 1 saturated heterocycles. The van der Waals surface area contributed by atoms with Crippen molar-refractivity contribution in [2.75, 3.05) is 23.7 Å². The van der Waals surface area contributed by atoms with E-state index in [4.69, 9.17) is 10.00 Å². The molecule has 1 atom stereocenters. The van der Waals surface area contributed by atoms with E-state index < -0.39 is 46.1 Å². The summed E-state index contributed by atoms with van der Waals surface area (Å²) in [6, 6.07) is 5.79. The summed E-state index contributed by atoms with van der Waals surface area (Å²) in [5.74, 6) is 0.0490. The minimum atomic E-state index is -4.62. The normalized spacial score (nSPS) is 18.2. The zero-order chi connectivity index (χ0) is 22.3. The first kappa shape index (κ1) is 23.5. The van der Waals surface area contributed by atoms with Crippen LogP contribution in [0.15, 0.2) is 31.9 Å². The number of nitrogens with zero attached hydrogens (tertiary/aromatic N) is 3. The molecule has 0 saturated carbocycles. The van der Waals surface area contributed by atoms with Gasteiger partial charge in [0, 0.05) is 28.2 Å². The predicted octanol–water partition coefficient (Wildman–Crippen LogP) is 5.12. The minimum absolute atomic E-state index is 0.0490. The van der Waals surface area contributed by atoms with Gasteiger partial charge in [-0.05, 0) is 54.9 Å². The van der Waals surface area contributed by atoms with E-state index in [1.165, 1.54) is 29.2 Å². The van der Waals surface area contributed by atoms with Gasteiger partial charge in [-0.2, -0.15) is 18.4 Å². The molecule has 0 aromatic heterocycles. The molecule has 29 heavy (non-hydrogen) atoms. The molecule has 1 aliphatic heterocycles. The zero-order valence-electron chi connectivity index (χ0n) is 16.3. The molecule has 0 N–H and O–H groups in total. The molecule has 0 radical (unpaired) electrons. The average Bonchev–Trinajstić information content (AvgIpc) is 2.52. The van der Waals surface area contributed by atoms with Crippen molar-refractivity contribution in [2.24, 2.45) is 9.78 Å². The third-order valence-corrected chi connectivity index (χ3v) is 7.17. The Morgan fingerprint density at radius 2 is 1.97 bits per heavy atom. The van der Waals surface area contributed by atoms with Gasteiger partial charge in [-0.3, -0.25) is 0 Å². The van der Waals surface area contributed by atoms with Crippen molar-refractivity contribution >= 4 is 37.4 Å². The molecular formula is C18H21BrF3N3O3S. The first-order valence-corrected chi connectivity index (χ1v) is 11.1. The SMILES string of the molecule is CCS(=O)(=NC(=O)OC(C)(C)C)c1ccc(N2CC(C#N)(C(F)(F)F)C2)c(Br)c1. The van der Waals surface area contributed by atoms with E-state index in [1.807, 2.05) is 0 Å². The van der Waals surface area contributed by atoms with Crippen molar-refractivity contribution in [3.63, 3.8) is 0 Å². The number of hydrogen-bond donors (Lipinski definition) is 0. The van der Waals surface area contributed by atoms with Crippen LogP contribution in [0.3, 0.4) is 0 Å². The standard InChI is InChI=1S/C18H21BrF3N3O3S/c1-5-29(27,24-15(26)28-16(2,3)4)12-6-7-14(13(19)8-12)25-10-17(9-23,11-25)18(20,21)22/h6-8H,5,10-11H2,1-4H3. The van der Waals surface area contributed by atoms with E-state index in [0.29, 0.717) is 10.2 Å². The van der Waals surface area contributed by atoms with Gasteiger partial charge in [0.25, 0.3) is 0 Å². The fourth-order valence-corrected chi connectivity index (χ4v) is 4.93. The lowest BCUT2D eigenvalue weighted by atomic mass is 9.80. The van der Waals surface area contributed by atoms with Crippen LogP contribution >= 0.6 is 15.9 Å². The number of halogens is 4. The molecule has 1 unspecified atom stereocenters. The summed E-state index contributed by atoms with van der Waals surface area (Å²) in [5, 5.41) is 8.95. The second-order valence-electron chi connectivity index (χ2n) is 7.66. The molecule has 2 rings (SSSR count). The van der Waals surface area contributed by atoms with Gasteiger partial charge in [-0.25, -0.2) is 9.00 Å². The number of nitriles is 1. The van der Waals surface area contributed by atoms with Crippen LogP contribution in [0.4, 0.5) is 23.7 Å². The minimum Gasteiger partial charge on any atom is -0.442 e. The van der Waals surface area contributed by atoms with E-state index in [2.05, 4.69) is 20.3 Å². The highest BCUT2D eigenvalue weighted by atomic mass is 79.9. The Balaban J connectivity index is 2.31. The number of carbonyl (C=O) groups is 1. The van der Waals surface area contributed by atoms with Crippen molar-refractivity contribution in [1.82, 2.24) is 0 Å². The van der Waals surface area contributed by atoms with Crippen LogP contribution in [0, 0.1) is 16.7 Å². The van der Waals surface area contributed by atoms with Crippen LogP contribution in [-0.4, -0.2) is 40.9 Å². The molecule has 160 valence electrons. The topological polar surface area (TPSA) is 82.8 Å². The monoisotopic (exact) mass is 495 g/mol. The highest BCUT2D eigenvalue weighted by Crippen LogP contribution is 2.47. The van der Waals surface area contributed by atoms with Gasteiger partial charge in [-0.15, -0.1) is 4.36 Å². The number of ether oxygens (including phenoxy) is 1. The molecule has 1 amide bonds. The van der Waals surface area contributed by atoms with Crippen LogP contribution in [0.2, 0.25) is 0 Å². The number of amides is 1. The van der Waals surface area contributed by atoms with Gasteiger partial charge in [0.1, 0.15) is 5.60 Å². The van der Waals surface area contributed by atoms with Gasteiger partial charge in [0.15, 0.2) is 5.41 Å². The molecule has 1 aromatic carbocycles. The van der Waals surface area contributed by atoms with Crippen LogP contribution < -0.4 is 4.90 Å². The van der Waals surface area contributed by atoms with E-state index >= 15 is 0 Å². The third-order valence-electron chi connectivity index (χ3n) is 4.31. The van der Waals surface area contributed by atoms with Gasteiger partial charge >= 0.3 is 12.3 Å². The maximum atomic E-state index is 13.2. The molecular weight excluding hydrogens is 475 g/mol. The highest BCUT2D eigenvalue weighted by Gasteiger charge is 2.63. The summed E-state index contributed by atoms with van der Waals surface area (Å²) < 4.78 is 61.7. The fourth-order valence-electron chi connectivity index (χ4n) is 2.72. The zero-order valence-corrected chi connectivity index (χ0v) is 18.7. The van der Waals surface area contributed by atoms with E-state index in [-0.39, 0.29) is 10.6 Å². The Morgan fingerprint density at radius 3 is 2.38 bits per heavy atom. The third kappa shape index (κ3) is 4.86. The number of alkyl halides is 3. The average molecular weight is 496 g/mol. The van der Waals surface area contributed by atoms with Crippen LogP contribution in [0.25, 0.3) is 0 Å². The van der Waals surface area contributed by atoms with Crippen molar-refractivity contribution in [3.05, 3.63) is 22.7 Å². The molecule has 11 heteroatoms. The predicted molar refractivity (Wildman–Crippen MR) is 106 cm³/mol. The van der Waals surface area contributed by atoms with Crippen molar-refractivity contribution in [2.45, 2.75) is 44.4 Å². The Bertz CT molecular complexity index is 967. The molecule has 1 aromatic rings. The molecule has 1 fully saturated rings. The summed E-state index contributed by atoms with van der Waals surface area (Å²) in [6.45, 7) is 5.61. The summed E-state index contributed by atoms with van der Waals surface area (Å²) >= 11 is 3.28. The quantitative estimate of drug-likeness (QED) is 0.580. The van der Waals surface area contributed by atoms with Gasteiger partial charge in [-0.1, -0.05) is 6.92 Å². The largest absolute Gasteiger partial charge is 0.442 e. The summed E-state index contributed by atoms with van der Waals surface area (Å²) in [7, 11) is -3.11. The van der Waals surface area contributed by atoms with E-state index in [0.717, 1.165) is 0 Å². The van der Waals surface area contributed by atoms with E-state index in [9.17, 15) is 22.2 Å². The second-order valence-corrected chi connectivity index (χ2v) is 11.0. The second kappa shape index (κ2) is 7.80. The van der Waals surface area contributed by atoms with Crippen molar-refractivity contribution in [3.8, 4) is 6.07 Å². The Hall–Kier alpha value is -1.80. The van der Waals surface area contributed by atoms with Gasteiger partial charge in [0.05, 0.1) is 21.5 Å². The Kier molecular flexibility index (Phi) is 6.31. The smallest absolute Gasteiger partial charge is 0.442 e. The van der Waals surface area contributed by atoms with Crippen molar-refractivity contribution < 1.29 is 26.9 Å². The Labute approximate surface area is 176 Å². The van der Waals surface area contributed by atoms with Crippen molar-refractivity contribution in [1.29, 1.82) is 5.26 Å². The van der Waals surface area contributed by atoms with Crippen LogP contribution in [0.1, 0.15) is 27.7 Å². The summed E-state index contributed by atoms with van der Waals surface area (Å²) in [4.78, 5) is 13.7. The van der Waals surface area contributed by atoms with Gasteiger partial charge in [0.2, 0.25) is 0 Å². The van der Waals surface area contributed by atoms with Crippen LogP contribution in [0.5, 0.6) is 0 Å². The molecule has 0 bridgehead atoms. The first-order valence-electron chi connectivity index (χ1n) is 8.67. The first-order chi connectivity index (χ1) is 13.2. The number of carbonyl (C=O) groups excluding carboxylic acids is 1. The lowest BCUT2D eigenvalue weighted by molar-refractivity contribution is -0.209. The van der Waals surface area contributed by atoms with E-state index in [1.54, 1.807) is 27.7 Å². The highest BCUT2D eigenvalue weighted by molar-refractivity contribution is 9.10.